The molecule has 2 aliphatic carbocycles. The molecule has 2 saturated heterocycles. The Morgan fingerprint density at radius 2 is 1.74 bits per heavy atom. The fraction of sp³-hybridized carbons (Fsp3) is 0.467. The van der Waals surface area contributed by atoms with Crippen LogP contribution in [0.2, 0.25) is 0 Å². The number of carbonyl (C=O) groups is 2. The predicted molar refractivity (Wildman–Crippen MR) is 142 cm³/mol. The molecule has 3 aromatic rings. The van der Waals surface area contributed by atoms with Gasteiger partial charge in [-0.1, -0.05) is 6.07 Å². The van der Waals surface area contributed by atoms with Gasteiger partial charge in [0.2, 0.25) is 5.91 Å². The van der Waals surface area contributed by atoms with Crippen molar-refractivity contribution in [2.45, 2.75) is 69.6 Å². The van der Waals surface area contributed by atoms with Crippen molar-refractivity contribution in [1.82, 2.24) is 20.0 Å². The molecular formula is C30H31FN4O4. The molecule has 0 unspecified atom stereocenters. The molecule has 9 heteroatoms. The molecule has 2 amide bonds. The number of aromatic amines is 1. The molecule has 4 aliphatic rings. The van der Waals surface area contributed by atoms with Gasteiger partial charge in [0.25, 0.3) is 11.5 Å². The molecule has 7 rings (SSSR count). The van der Waals surface area contributed by atoms with E-state index >= 15 is 0 Å². The lowest BCUT2D eigenvalue weighted by Gasteiger charge is -2.41. The summed E-state index contributed by atoms with van der Waals surface area (Å²) in [6.07, 6.45) is 7.42. The van der Waals surface area contributed by atoms with Crippen molar-refractivity contribution < 1.29 is 18.7 Å². The lowest BCUT2D eigenvalue weighted by molar-refractivity contribution is -0.137. The van der Waals surface area contributed by atoms with E-state index in [0.29, 0.717) is 41.7 Å². The summed E-state index contributed by atoms with van der Waals surface area (Å²) in [4.78, 5) is 42.4. The highest BCUT2D eigenvalue weighted by Gasteiger charge is 2.47. The van der Waals surface area contributed by atoms with Crippen LogP contribution in [0.5, 0.6) is 5.75 Å². The average molecular weight is 531 g/mol. The van der Waals surface area contributed by atoms with Gasteiger partial charge in [0, 0.05) is 42.9 Å². The molecule has 0 radical (unpaired) electrons. The molecule has 202 valence electrons. The molecule has 2 aromatic carbocycles. The van der Waals surface area contributed by atoms with Crippen LogP contribution in [0.3, 0.4) is 0 Å². The van der Waals surface area contributed by atoms with Gasteiger partial charge in [-0.05, 0) is 80.8 Å². The Morgan fingerprint density at radius 1 is 0.974 bits per heavy atom. The van der Waals surface area contributed by atoms with E-state index in [2.05, 4.69) is 10.2 Å². The molecule has 3 heterocycles. The smallest absolute Gasteiger partial charge is 0.272 e. The Morgan fingerprint density at radius 3 is 2.44 bits per heavy atom. The molecule has 2 bridgehead atoms. The number of rotatable bonds is 6. The van der Waals surface area contributed by atoms with E-state index in [1.807, 2.05) is 11.0 Å². The van der Waals surface area contributed by atoms with Crippen molar-refractivity contribution in [1.29, 1.82) is 0 Å². The maximum atomic E-state index is 15.0. The molecule has 39 heavy (non-hydrogen) atoms. The zero-order chi connectivity index (χ0) is 26.7. The fourth-order valence-electron chi connectivity index (χ4n) is 6.27. The summed E-state index contributed by atoms with van der Waals surface area (Å²) in [5, 5.41) is 8.05. The Kier molecular flexibility index (Phi) is 5.90. The van der Waals surface area contributed by atoms with Crippen molar-refractivity contribution in [3.8, 4) is 5.75 Å². The van der Waals surface area contributed by atoms with E-state index in [4.69, 9.17) is 4.74 Å². The number of aromatic nitrogens is 2. The van der Waals surface area contributed by atoms with Gasteiger partial charge in [0.1, 0.15) is 11.6 Å². The molecule has 2 saturated carbocycles. The fourth-order valence-corrected chi connectivity index (χ4v) is 6.27. The standard InChI is InChI=1S/C30H31FN4O4/c31-26-11-4-17(13-27-24-14-22(39-21-2-1-3-21)9-10-23(24)28(36)33-32-27)12-25(26)30(38)34-15-19-7-8-20(16-34)35(19)29(37)18-5-6-18/h4,9-12,14,18-21H,1-3,5-8,13,15-16H2,(H,33,36)/t19-,20+. The van der Waals surface area contributed by atoms with E-state index in [9.17, 15) is 18.8 Å². The van der Waals surface area contributed by atoms with Crippen molar-refractivity contribution in [2.24, 2.45) is 5.92 Å². The summed E-state index contributed by atoms with van der Waals surface area (Å²) >= 11 is 0. The summed E-state index contributed by atoms with van der Waals surface area (Å²) < 4.78 is 21.0. The molecule has 1 aromatic heterocycles. The number of likely N-dealkylation sites (tertiary alicyclic amines) is 1. The monoisotopic (exact) mass is 530 g/mol. The van der Waals surface area contributed by atoms with Crippen LogP contribution in [0.15, 0.2) is 41.2 Å². The van der Waals surface area contributed by atoms with E-state index in [0.717, 1.165) is 50.5 Å². The highest BCUT2D eigenvalue weighted by Crippen LogP contribution is 2.38. The number of halogens is 1. The van der Waals surface area contributed by atoms with Crippen molar-refractivity contribution in [2.75, 3.05) is 13.1 Å². The molecule has 1 N–H and O–H groups in total. The molecular weight excluding hydrogens is 499 g/mol. The van der Waals surface area contributed by atoms with Crippen LogP contribution in [-0.2, 0) is 11.2 Å². The summed E-state index contributed by atoms with van der Waals surface area (Å²) in [6, 6.07) is 9.99. The summed E-state index contributed by atoms with van der Waals surface area (Å²) in [5.41, 5.74) is 1.08. The normalized spacial score (nSPS) is 22.7. The van der Waals surface area contributed by atoms with E-state index in [-0.39, 0.29) is 47.0 Å². The first-order chi connectivity index (χ1) is 18.9. The highest BCUT2D eigenvalue weighted by molar-refractivity contribution is 5.95. The van der Waals surface area contributed by atoms with Crippen LogP contribution in [0, 0.1) is 11.7 Å². The van der Waals surface area contributed by atoms with Crippen LogP contribution in [-0.4, -0.2) is 63.1 Å². The summed E-state index contributed by atoms with van der Waals surface area (Å²) in [5.74, 6) is 0.167. The minimum Gasteiger partial charge on any atom is -0.490 e. The van der Waals surface area contributed by atoms with Gasteiger partial charge in [-0.2, -0.15) is 5.10 Å². The van der Waals surface area contributed by atoms with Crippen LogP contribution in [0.4, 0.5) is 4.39 Å². The second kappa shape index (κ2) is 9.47. The van der Waals surface area contributed by atoms with Crippen LogP contribution < -0.4 is 10.3 Å². The number of benzene rings is 2. The highest BCUT2D eigenvalue weighted by atomic mass is 19.1. The van der Waals surface area contributed by atoms with Gasteiger partial charge in [-0.3, -0.25) is 14.4 Å². The predicted octanol–water partition coefficient (Wildman–Crippen LogP) is 3.81. The average Bonchev–Trinajstić information content (AvgIpc) is 3.73. The third-order valence-electron chi connectivity index (χ3n) is 8.78. The van der Waals surface area contributed by atoms with E-state index in [1.165, 1.54) is 6.07 Å². The van der Waals surface area contributed by atoms with Crippen molar-refractivity contribution in [3.63, 3.8) is 0 Å². The minimum atomic E-state index is -0.567. The number of carbonyl (C=O) groups excluding carboxylic acids is 2. The van der Waals surface area contributed by atoms with Crippen LogP contribution >= 0.6 is 0 Å². The number of hydrogen-bond acceptors (Lipinski definition) is 5. The van der Waals surface area contributed by atoms with Gasteiger partial charge < -0.3 is 14.5 Å². The third kappa shape index (κ3) is 4.47. The Bertz CT molecular complexity index is 1520. The molecule has 2 atom stereocenters. The van der Waals surface area contributed by atoms with Crippen molar-refractivity contribution in [3.05, 3.63) is 69.4 Å². The number of ether oxygens (including phenoxy) is 1. The first-order valence-corrected chi connectivity index (χ1v) is 14.0. The Labute approximate surface area is 225 Å². The van der Waals surface area contributed by atoms with Gasteiger partial charge >= 0.3 is 0 Å². The van der Waals surface area contributed by atoms with Gasteiger partial charge in [0.05, 0.1) is 22.7 Å². The Hall–Kier alpha value is -3.75. The Balaban J connectivity index is 1.13. The van der Waals surface area contributed by atoms with E-state index in [1.54, 1.807) is 29.2 Å². The van der Waals surface area contributed by atoms with Crippen LogP contribution in [0.25, 0.3) is 10.8 Å². The summed E-state index contributed by atoms with van der Waals surface area (Å²) in [6.45, 7) is 0.876. The second-order valence-corrected chi connectivity index (χ2v) is 11.5. The van der Waals surface area contributed by atoms with Gasteiger partial charge in [-0.15, -0.1) is 0 Å². The maximum absolute atomic E-state index is 15.0. The van der Waals surface area contributed by atoms with Gasteiger partial charge in [-0.25, -0.2) is 9.49 Å². The topological polar surface area (TPSA) is 95.6 Å². The number of fused-ring (bicyclic) bond motifs is 3. The molecule has 0 spiro atoms. The lowest BCUT2D eigenvalue weighted by Crippen LogP contribution is -2.57. The number of nitrogens with one attached hydrogen (secondary N) is 1. The molecule has 8 nitrogen and oxygen atoms in total. The first-order valence-electron chi connectivity index (χ1n) is 14.0. The molecule has 2 aliphatic heterocycles. The lowest BCUT2D eigenvalue weighted by atomic mass is 9.96. The number of H-pyrrole nitrogens is 1. The second-order valence-electron chi connectivity index (χ2n) is 11.5. The number of piperazine rings is 1. The largest absolute Gasteiger partial charge is 0.490 e. The van der Waals surface area contributed by atoms with E-state index < -0.39 is 5.82 Å². The minimum absolute atomic E-state index is 0.0140. The van der Waals surface area contributed by atoms with Crippen LogP contribution in [0.1, 0.15) is 66.6 Å². The summed E-state index contributed by atoms with van der Waals surface area (Å²) in [7, 11) is 0. The van der Waals surface area contributed by atoms with Crippen molar-refractivity contribution >= 4 is 22.6 Å². The molecule has 4 fully saturated rings. The zero-order valence-electron chi connectivity index (χ0n) is 21.7. The maximum Gasteiger partial charge on any atom is 0.272 e. The third-order valence-corrected chi connectivity index (χ3v) is 8.78. The van der Waals surface area contributed by atoms with Gasteiger partial charge in [0.15, 0.2) is 0 Å². The number of hydrogen-bond donors (Lipinski definition) is 1. The first kappa shape index (κ1) is 24.3. The number of nitrogens with zero attached hydrogens (tertiary/aromatic N) is 3. The zero-order valence-corrected chi connectivity index (χ0v) is 21.7. The number of amides is 2. The SMILES string of the molecule is O=C(c1cc(Cc2n[nH]c(=O)c3ccc(OC4CCC4)cc23)ccc1F)N1C[C@H]2CC[C@@H](C1)N2C(=O)C1CC1. The quantitative estimate of drug-likeness (QED) is 0.523.